The van der Waals surface area contributed by atoms with E-state index in [9.17, 15) is 4.39 Å². The highest BCUT2D eigenvalue weighted by Crippen LogP contribution is 2.28. The standard InChI is InChI=1S/C9H10ClFN4/c10-7-8(12)13-5-14-9(7)15-3-1-2-6(11)4-15/h2,5H,1,3-4H2,(H2,12,13,14). The molecule has 1 aromatic rings. The zero-order chi connectivity index (χ0) is 10.8. The molecule has 1 aromatic heterocycles. The van der Waals surface area contributed by atoms with Crippen LogP contribution in [0, 0.1) is 0 Å². The van der Waals surface area contributed by atoms with Crippen molar-refractivity contribution >= 4 is 23.2 Å². The lowest BCUT2D eigenvalue weighted by molar-refractivity contribution is 0.572. The van der Waals surface area contributed by atoms with Gasteiger partial charge in [-0.25, -0.2) is 14.4 Å². The van der Waals surface area contributed by atoms with Crippen LogP contribution in [0.25, 0.3) is 0 Å². The van der Waals surface area contributed by atoms with E-state index < -0.39 is 0 Å². The van der Waals surface area contributed by atoms with Crippen molar-refractivity contribution < 1.29 is 4.39 Å². The van der Waals surface area contributed by atoms with Crippen molar-refractivity contribution in [2.24, 2.45) is 0 Å². The average Bonchev–Trinajstić information content (AvgIpc) is 2.22. The molecule has 2 rings (SSSR count). The van der Waals surface area contributed by atoms with Crippen LogP contribution in [0.5, 0.6) is 0 Å². The minimum Gasteiger partial charge on any atom is -0.382 e. The summed E-state index contributed by atoms with van der Waals surface area (Å²) in [6.45, 7) is 0.875. The van der Waals surface area contributed by atoms with Gasteiger partial charge in [0.25, 0.3) is 0 Å². The lowest BCUT2D eigenvalue weighted by atomic mass is 10.2. The van der Waals surface area contributed by atoms with Crippen molar-refractivity contribution in [3.05, 3.63) is 23.3 Å². The van der Waals surface area contributed by atoms with Crippen LogP contribution in [0.4, 0.5) is 16.0 Å². The molecule has 0 unspecified atom stereocenters. The first-order valence-corrected chi connectivity index (χ1v) is 4.91. The van der Waals surface area contributed by atoms with Crippen molar-refractivity contribution in [3.63, 3.8) is 0 Å². The Hall–Kier alpha value is -1.36. The number of aromatic nitrogens is 2. The monoisotopic (exact) mass is 228 g/mol. The van der Waals surface area contributed by atoms with Crippen molar-refractivity contribution in [1.82, 2.24) is 9.97 Å². The van der Waals surface area contributed by atoms with Gasteiger partial charge in [-0.2, -0.15) is 0 Å². The van der Waals surface area contributed by atoms with Gasteiger partial charge in [0.1, 0.15) is 23.0 Å². The summed E-state index contributed by atoms with van der Waals surface area (Å²) >= 11 is 5.94. The van der Waals surface area contributed by atoms with Crippen molar-refractivity contribution in [2.75, 3.05) is 23.7 Å². The molecule has 0 saturated carbocycles. The molecule has 0 spiro atoms. The van der Waals surface area contributed by atoms with Crippen molar-refractivity contribution in [1.29, 1.82) is 0 Å². The number of hydrogen-bond donors (Lipinski definition) is 1. The maximum absolute atomic E-state index is 13.1. The molecule has 0 bridgehead atoms. The molecule has 2 heterocycles. The average molecular weight is 229 g/mol. The van der Waals surface area contributed by atoms with Crippen LogP contribution >= 0.6 is 11.6 Å². The zero-order valence-corrected chi connectivity index (χ0v) is 8.71. The largest absolute Gasteiger partial charge is 0.382 e. The highest BCUT2D eigenvalue weighted by Gasteiger charge is 2.18. The Morgan fingerprint density at radius 1 is 1.47 bits per heavy atom. The van der Waals surface area contributed by atoms with Gasteiger partial charge in [-0.1, -0.05) is 11.6 Å². The number of anilines is 2. The number of hydrogen-bond acceptors (Lipinski definition) is 4. The molecule has 0 atom stereocenters. The van der Waals surface area contributed by atoms with Crippen LogP contribution in [-0.2, 0) is 0 Å². The fourth-order valence-electron chi connectivity index (χ4n) is 1.48. The van der Waals surface area contributed by atoms with E-state index in [4.69, 9.17) is 17.3 Å². The first kappa shape index (κ1) is 10.2. The van der Waals surface area contributed by atoms with Crippen molar-refractivity contribution in [2.45, 2.75) is 6.42 Å². The van der Waals surface area contributed by atoms with E-state index in [1.165, 1.54) is 6.33 Å². The molecule has 0 aromatic carbocycles. The topological polar surface area (TPSA) is 55.0 Å². The molecule has 2 N–H and O–H groups in total. The lowest BCUT2D eigenvalue weighted by Gasteiger charge is -2.26. The van der Waals surface area contributed by atoms with Crippen LogP contribution < -0.4 is 10.6 Å². The first-order chi connectivity index (χ1) is 7.18. The maximum atomic E-state index is 13.1. The van der Waals surface area contributed by atoms with E-state index in [1.807, 2.05) is 0 Å². The van der Waals surface area contributed by atoms with Gasteiger partial charge in [0.2, 0.25) is 0 Å². The van der Waals surface area contributed by atoms with Crippen LogP contribution in [0.2, 0.25) is 5.02 Å². The fraction of sp³-hybridized carbons (Fsp3) is 0.333. The molecule has 1 aliphatic heterocycles. The summed E-state index contributed by atoms with van der Waals surface area (Å²) in [6.07, 6.45) is 3.54. The third-order valence-corrected chi connectivity index (χ3v) is 2.57. The summed E-state index contributed by atoms with van der Waals surface area (Å²) < 4.78 is 13.1. The minimum atomic E-state index is -0.172. The second-order valence-electron chi connectivity index (χ2n) is 3.26. The van der Waals surface area contributed by atoms with Crippen LogP contribution in [0.1, 0.15) is 6.42 Å². The summed E-state index contributed by atoms with van der Waals surface area (Å²) in [5.74, 6) is 0.540. The minimum absolute atomic E-state index is 0.172. The van der Waals surface area contributed by atoms with Gasteiger partial charge in [-0.05, 0) is 12.5 Å². The summed E-state index contributed by atoms with van der Waals surface area (Å²) in [5.41, 5.74) is 5.54. The normalized spacial score (nSPS) is 16.4. The third kappa shape index (κ3) is 2.02. The Morgan fingerprint density at radius 3 is 3.00 bits per heavy atom. The predicted molar refractivity (Wildman–Crippen MR) is 57.5 cm³/mol. The van der Waals surface area contributed by atoms with Gasteiger partial charge in [-0.3, -0.25) is 0 Å². The maximum Gasteiger partial charge on any atom is 0.153 e. The molecule has 0 radical (unpaired) electrons. The van der Waals surface area contributed by atoms with Crippen LogP contribution in [0.3, 0.4) is 0 Å². The lowest BCUT2D eigenvalue weighted by Crippen LogP contribution is -2.30. The molecule has 0 fully saturated rings. The van der Waals surface area contributed by atoms with Gasteiger partial charge < -0.3 is 10.6 Å². The van der Waals surface area contributed by atoms with E-state index in [2.05, 4.69) is 9.97 Å². The van der Waals surface area contributed by atoms with E-state index in [0.717, 1.165) is 0 Å². The second-order valence-corrected chi connectivity index (χ2v) is 3.64. The smallest absolute Gasteiger partial charge is 0.153 e. The number of nitrogens with zero attached hydrogens (tertiary/aromatic N) is 3. The molecule has 4 nitrogen and oxygen atoms in total. The Morgan fingerprint density at radius 2 is 2.27 bits per heavy atom. The van der Waals surface area contributed by atoms with Gasteiger partial charge >= 0.3 is 0 Å². The van der Waals surface area contributed by atoms with Gasteiger partial charge in [-0.15, -0.1) is 0 Å². The second kappa shape index (κ2) is 4.02. The number of nitrogens with two attached hydrogens (primary N) is 1. The molecule has 0 aliphatic carbocycles. The SMILES string of the molecule is Nc1ncnc(N2CCC=C(F)C2)c1Cl. The molecule has 15 heavy (non-hydrogen) atoms. The molecule has 80 valence electrons. The molecule has 1 aliphatic rings. The Bertz CT molecular complexity index is 407. The molecular formula is C9H10ClFN4. The van der Waals surface area contributed by atoms with Crippen LogP contribution in [-0.4, -0.2) is 23.1 Å². The highest BCUT2D eigenvalue weighted by atomic mass is 35.5. The number of nitrogen functional groups attached to an aromatic ring is 1. The summed E-state index contributed by atoms with van der Waals surface area (Å²) in [4.78, 5) is 9.50. The van der Waals surface area contributed by atoms with Crippen molar-refractivity contribution in [3.8, 4) is 0 Å². The van der Waals surface area contributed by atoms with Crippen LogP contribution in [0.15, 0.2) is 18.2 Å². The summed E-state index contributed by atoms with van der Waals surface area (Å²) in [7, 11) is 0. The third-order valence-electron chi connectivity index (χ3n) is 2.20. The molecule has 6 heteroatoms. The quantitative estimate of drug-likeness (QED) is 0.796. The summed E-state index contributed by atoms with van der Waals surface area (Å²) in [5, 5.41) is 0.284. The Balaban J connectivity index is 2.30. The van der Waals surface area contributed by atoms with E-state index in [-0.39, 0.29) is 23.2 Å². The van der Waals surface area contributed by atoms with E-state index in [1.54, 1.807) is 11.0 Å². The number of rotatable bonds is 1. The Kier molecular flexibility index (Phi) is 2.73. The molecule has 0 saturated heterocycles. The Labute approximate surface area is 91.6 Å². The number of halogens is 2. The highest BCUT2D eigenvalue weighted by molar-refractivity contribution is 6.35. The fourth-order valence-corrected chi connectivity index (χ4v) is 1.69. The molecule has 0 amide bonds. The zero-order valence-electron chi connectivity index (χ0n) is 7.95. The first-order valence-electron chi connectivity index (χ1n) is 4.54. The van der Waals surface area contributed by atoms with Gasteiger partial charge in [0.05, 0.1) is 6.54 Å². The van der Waals surface area contributed by atoms with Gasteiger partial charge in [0, 0.05) is 6.54 Å². The van der Waals surface area contributed by atoms with E-state index >= 15 is 0 Å². The van der Waals surface area contributed by atoms with E-state index in [0.29, 0.717) is 18.8 Å². The van der Waals surface area contributed by atoms with Gasteiger partial charge in [0.15, 0.2) is 5.82 Å². The predicted octanol–water partition coefficient (Wildman–Crippen LogP) is 1.78. The molecular weight excluding hydrogens is 219 g/mol. The summed E-state index contributed by atoms with van der Waals surface area (Å²) in [6, 6.07) is 0.